The summed E-state index contributed by atoms with van der Waals surface area (Å²) in [6.07, 6.45) is 4.21. The number of anilines is 1. The molecule has 0 aliphatic heterocycles. The molecule has 1 N–H and O–H groups in total. The fraction of sp³-hybridized carbons (Fsp3) is 0.375. The van der Waals surface area contributed by atoms with Gasteiger partial charge in [0.05, 0.1) is 5.56 Å². The van der Waals surface area contributed by atoms with Gasteiger partial charge in [-0.25, -0.2) is 4.98 Å². The number of hydrogen-bond acceptors (Lipinski definition) is 4. The van der Waals surface area contributed by atoms with Gasteiger partial charge in [-0.05, 0) is 49.3 Å². The summed E-state index contributed by atoms with van der Waals surface area (Å²) in [5.74, 6) is 0.747. The Bertz CT molecular complexity index is 640. The van der Waals surface area contributed by atoms with E-state index in [1.807, 2.05) is 6.07 Å². The minimum absolute atomic E-state index is 0.271. The van der Waals surface area contributed by atoms with Gasteiger partial charge in [0, 0.05) is 23.0 Å². The third-order valence-electron chi connectivity index (χ3n) is 3.64. The molecule has 0 amide bonds. The van der Waals surface area contributed by atoms with Gasteiger partial charge in [-0.15, -0.1) is 11.3 Å². The van der Waals surface area contributed by atoms with E-state index < -0.39 is 0 Å². The van der Waals surface area contributed by atoms with Crippen LogP contribution in [0.3, 0.4) is 0 Å². The van der Waals surface area contributed by atoms with Crippen molar-refractivity contribution in [3.63, 3.8) is 0 Å². The standard InChI is InChI=1S/C16H17N3S/c1-11(8-14-5-3-7-20-14)18-16-13(10-17)9-12-4-2-6-15(12)19-16/h3,5,7,9,11H,2,4,6,8H2,1H3,(H,18,19). The second kappa shape index (κ2) is 5.64. The number of nitrogens with one attached hydrogen (secondary N) is 1. The van der Waals surface area contributed by atoms with E-state index in [4.69, 9.17) is 0 Å². The maximum absolute atomic E-state index is 9.29. The van der Waals surface area contributed by atoms with Gasteiger partial charge in [0.25, 0.3) is 0 Å². The van der Waals surface area contributed by atoms with E-state index in [0.29, 0.717) is 5.56 Å². The first kappa shape index (κ1) is 13.1. The smallest absolute Gasteiger partial charge is 0.144 e. The first-order valence-electron chi connectivity index (χ1n) is 6.98. The summed E-state index contributed by atoms with van der Waals surface area (Å²) in [5.41, 5.74) is 3.08. The summed E-state index contributed by atoms with van der Waals surface area (Å²) in [7, 11) is 0. The Morgan fingerprint density at radius 2 is 2.40 bits per heavy atom. The summed E-state index contributed by atoms with van der Waals surface area (Å²) >= 11 is 1.77. The maximum Gasteiger partial charge on any atom is 0.144 e. The number of pyridine rings is 1. The van der Waals surface area contributed by atoms with E-state index in [2.05, 4.69) is 40.8 Å². The number of aryl methyl sites for hydroxylation is 2. The molecule has 0 bridgehead atoms. The second-order valence-corrected chi connectivity index (χ2v) is 6.32. The van der Waals surface area contributed by atoms with Gasteiger partial charge in [-0.3, -0.25) is 0 Å². The lowest BCUT2D eigenvalue weighted by Crippen LogP contribution is -2.19. The van der Waals surface area contributed by atoms with Crippen LogP contribution in [0.2, 0.25) is 0 Å². The lowest BCUT2D eigenvalue weighted by Gasteiger charge is -2.15. The van der Waals surface area contributed by atoms with Crippen molar-refractivity contribution in [2.24, 2.45) is 0 Å². The average Bonchev–Trinajstić information content (AvgIpc) is 3.08. The van der Waals surface area contributed by atoms with Crippen molar-refractivity contribution in [2.75, 3.05) is 5.32 Å². The van der Waals surface area contributed by atoms with Crippen molar-refractivity contribution in [2.45, 2.75) is 38.6 Å². The van der Waals surface area contributed by atoms with Crippen molar-refractivity contribution in [3.05, 3.63) is 45.3 Å². The van der Waals surface area contributed by atoms with Crippen molar-refractivity contribution in [1.29, 1.82) is 5.26 Å². The van der Waals surface area contributed by atoms with Crippen molar-refractivity contribution in [1.82, 2.24) is 4.98 Å². The summed E-state index contributed by atoms with van der Waals surface area (Å²) < 4.78 is 0. The number of rotatable bonds is 4. The highest BCUT2D eigenvalue weighted by atomic mass is 32.1. The van der Waals surface area contributed by atoms with Crippen LogP contribution in [0, 0.1) is 11.3 Å². The van der Waals surface area contributed by atoms with Crippen LogP contribution >= 0.6 is 11.3 Å². The predicted octanol–water partition coefficient (Wildman–Crippen LogP) is 3.55. The highest BCUT2D eigenvalue weighted by Crippen LogP contribution is 2.25. The van der Waals surface area contributed by atoms with Crippen LogP contribution < -0.4 is 5.32 Å². The number of aromatic nitrogens is 1. The molecule has 1 atom stereocenters. The van der Waals surface area contributed by atoms with E-state index >= 15 is 0 Å². The maximum atomic E-state index is 9.29. The zero-order valence-electron chi connectivity index (χ0n) is 11.5. The normalized spacial score (nSPS) is 14.6. The van der Waals surface area contributed by atoms with Crippen LogP contribution in [0.25, 0.3) is 0 Å². The first-order valence-corrected chi connectivity index (χ1v) is 7.86. The molecule has 3 rings (SSSR count). The molecule has 0 saturated carbocycles. The van der Waals surface area contributed by atoms with Gasteiger partial charge in [-0.1, -0.05) is 6.07 Å². The van der Waals surface area contributed by atoms with Gasteiger partial charge in [-0.2, -0.15) is 5.26 Å². The summed E-state index contributed by atoms with van der Waals surface area (Å²) in [6, 6.07) is 8.76. The van der Waals surface area contributed by atoms with Gasteiger partial charge < -0.3 is 5.32 Å². The number of thiophene rings is 1. The summed E-state index contributed by atoms with van der Waals surface area (Å²) in [5, 5.41) is 14.8. The monoisotopic (exact) mass is 283 g/mol. The van der Waals surface area contributed by atoms with Crippen LogP contribution in [0.1, 0.15) is 35.0 Å². The number of nitriles is 1. The molecule has 1 aliphatic carbocycles. The molecule has 2 aromatic heterocycles. The molecule has 1 unspecified atom stereocenters. The molecule has 0 saturated heterocycles. The molecule has 2 aromatic rings. The molecule has 4 heteroatoms. The van der Waals surface area contributed by atoms with Crippen LogP contribution in [0.5, 0.6) is 0 Å². The second-order valence-electron chi connectivity index (χ2n) is 5.28. The van der Waals surface area contributed by atoms with Crippen LogP contribution in [0.15, 0.2) is 23.6 Å². The number of fused-ring (bicyclic) bond motifs is 1. The summed E-state index contributed by atoms with van der Waals surface area (Å²) in [6.45, 7) is 2.13. The van der Waals surface area contributed by atoms with Gasteiger partial charge in [0.1, 0.15) is 11.9 Å². The lowest BCUT2D eigenvalue weighted by molar-refractivity contribution is 0.791. The number of hydrogen-bond donors (Lipinski definition) is 1. The molecule has 0 aromatic carbocycles. The van der Waals surface area contributed by atoms with Crippen LogP contribution in [-0.2, 0) is 19.3 Å². The quantitative estimate of drug-likeness (QED) is 0.933. The third kappa shape index (κ3) is 2.68. The van der Waals surface area contributed by atoms with E-state index in [1.165, 1.54) is 10.4 Å². The molecule has 2 heterocycles. The Labute approximate surface area is 123 Å². The molecule has 0 spiro atoms. The Hall–Kier alpha value is -1.86. The largest absolute Gasteiger partial charge is 0.366 e. The molecule has 0 fully saturated rings. The first-order chi connectivity index (χ1) is 9.76. The molecular formula is C16H17N3S. The molecule has 102 valence electrons. The average molecular weight is 283 g/mol. The highest BCUT2D eigenvalue weighted by molar-refractivity contribution is 7.09. The third-order valence-corrected chi connectivity index (χ3v) is 4.54. The molecule has 3 nitrogen and oxygen atoms in total. The van der Waals surface area contributed by atoms with Gasteiger partial charge in [0.2, 0.25) is 0 Å². The van der Waals surface area contributed by atoms with Crippen molar-refractivity contribution >= 4 is 17.2 Å². The zero-order chi connectivity index (χ0) is 13.9. The van der Waals surface area contributed by atoms with E-state index in [0.717, 1.165) is 37.2 Å². The SMILES string of the molecule is CC(Cc1cccs1)Nc1nc2c(cc1C#N)CCC2. The van der Waals surface area contributed by atoms with Crippen LogP contribution in [-0.4, -0.2) is 11.0 Å². The summed E-state index contributed by atoms with van der Waals surface area (Å²) in [4.78, 5) is 6.01. The zero-order valence-corrected chi connectivity index (χ0v) is 12.3. The fourth-order valence-corrected chi connectivity index (χ4v) is 3.52. The molecule has 1 aliphatic rings. The number of nitrogens with zero attached hydrogens (tertiary/aromatic N) is 2. The van der Waals surface area contributed by atoms with Crippen LogP contribution in [0.4, 0.5) is 5.82 Å². The molecule has 20 heavy (non-hydrogen) atoms. The van der Waals surface area contributed by atoms with E-state index in [1.54, 1.807) is 11.3 Å². The Morgan fingerprint density at radius 1 is 1.50 bits per heavy atom. The van der Waals surface area contributed by atoms with E-state index in [-0.39, 0.29) is 6.04 Å². The minimum Gasteiger partial charge on any atom is -0.366 e. The van der Waals surface area contributed by atoms with Gasteiger partial charge in [0.15, 0.2) is 0 Å². The minimum atomic E-state index is 0.271. The van der Waals surface area contributed by atoms with Gasteiger partial charge >= 0.3 is 0 Å². The fourth-order valence-electron chi connectivity index (χ4n) is 2.68. The highest BCUT2D eigenvalue weighted by Gasteiger charge is 2.17. The lowest BCUT2D eigenvalue weighted by atomic mass is 10.1. The Balaban J connectivity index is 1.78. The molecular weight excluding hydrogens is 266 g/mol. The Morgan fingerprint density at radius 3 is 3.15 bits per heavy atom. The van der Waals surface area contributed by atoms with Crippen molar-refractivity contribution < 1.29 is 0 Å². The Kier molecular flexibility index (Phi) is 3.70. The van der Waals surface area contributed by atoms with Crippen molar-refractivity contribution in [3.8, 4) is 6.07 Å². The topological polar surface area (TPSA) is 48.7 Å². The predicted molar refractivity (Wildman–Crippen MR) is 82.1 cm³/mol. The molecule has 0 radical (unpaired) electrons. The van der Waals surface area contributed by atoms with E-state index in [9.17, 15) is 5.26 Å².